The zero-order valence-corrected chi connectivity index (χ0v) is 15.9. The van der Waals surface area contributed by atoms with E-state index < -0.39 is 0 Å². The van der Waals surface area contributed by atoms with E-state index in [0.29, 0.717) is 12.0 Å². The molecule has 1 spiro atoms. The molecule has 2 heterocycles. The normalized spacial score (nSPS) is 28.8. The molecule has 2 fully saturated rings. The van der Waals surface area contributed by atoms with Crippen LogP contribution >= 0.6 is 0 Å². The third-order valence-electron chi connectivity index (χ3n) is 6.30. The zero-order valence-electron chi connectivity index (χ0n) is 15.9. The van der Waals surface area contributed by atoms with Crippen LogP contribution in [0.15, 0.2) is 48.5 Å². The highest BCUT2D eigenvalue weighted by Crippen LogP contribution is 2.43. The van der Waals surface area contributed by atoms with Crippen LogP contribution in [0, 0.1) is 6.92 Å². The van der Waals surface area contributed by atoms with E-state index in [2.05, 4.69) is 66.1 Å². The number of ether oxygens (including phenoxy) is 1. The van der Waals surface area contributed by atoms with Crippen LogP contribution in [0.2, 0.25) is 0 Å². The van der Waals surface area contributed by atoms with Crippen molar-refractivity contribution in [1.29, 1.82) is 0 Å². The summed E-state index contributed by atoms with van der Waals surface area (Å²) >= 11 is 0. The minimum absolute atomic E-state index is 0.175. The molecule has 2 aliphatic rings. The summed E-state index contributed by atoms with van der Waals surface area (Å²) < 4.78 is 5.67. The molecule has 2 aromatic carbocycles. The van der Waals surface area contributed by atoms with Gasteiger partial charge in [0.05, 0.1) is 13.2 Å². The van der Waals surface area contributed by atoms with E-state index in [9.17, 15) is 0 Å². The predicted octanol–water partition coefficient (Wildman–Crippen LogP) is 4.33. The molecule has 3 unspecified atom stereocenters. The molecule has 2 aliphatic heterocycles. The van der Waals surface area contributed by atoms with Crippen molar-refractivity contribution in [3.63, 3.8) is 0 Å². The number of aryl methyl sites for hydroxylation is 1. The van der Waals surface area contributed by atoms with Gasteiger partial charge in [-0.25, -0.2) is 0 Å². The second-order valence-corrected chi connectivity index (χ2v) is 7.92. The van der Waals surface area contributed by atoms with Gasteiger partial charge < -0.3 is 15.4 Å². The quantitative estimate of drug-likeness (QED) is 0.864. The van der Waals surface area contributed by atoms with Crippen molar-refractivity contribution >= 4 is 0 Å². The van der Waals surface area contributed by atoms with Crippen LogP contribution in [0.5, 0.6) is 5.75 Å². The van der Waals surface area contributed by atoms with E-state index in [4.69, 9.17) is 4.74 Å². The first-order chi connectivity index (χ1) is 12.7. The van der Waals surface area contributed by atoms with Crippen molar-refractivity contribution in [2.75, 3.05) is 20.2 Å². The fourth-order valence-electron chi connectivity index (χ4n) is 4.90. The largest absolute Gasteiger partial charge is 0.496 e. The van der Waals surface area contributed by atoms with Gasteiger partial charge in [-0.2, -0.15) is 0 Å². The van der Waals surface area contributed by atoms with Gasteiger partial charge in [0.25, 0.3) is 0 Å². The van der Waals surface area contributed by atoms with Crippen molar-refractivity contribution in [3.8, 4) is 5.75 Å². The smallest absolute Gasteiger partial charge is 0.122 e. The van der Waals surface area contributed by atoms with Crippen LogP contribution in [0.3, 0.4) is 0 Å². The van der Waals surface area contributed by atoms with Crippen LogP contribution in [0.4, 0.5) is 0 Å². The third kappa shape index (κ3) is 3.26. The van der Waals surface area contributed by atoms with Crippen molar-refractivity contribution in [2.45, 2.75) is 50.1 Å². The molecule has 2 aromatic rings. The maximum atomic E-state index is 5.67. The number of nitrogens with one attached hydrogen (secondary N) is 2. The van der Waals surface area contributed by atoms with E-state index >= 15 is 0 Å². The molecule has 0 saturated carbocycles. The van der Waals surface area contributed by atoms with E-state index in [1.807, 2.05) is 0 Å². The van der Waals surface area contributed by atoms with Crippen LogP contribution in [0.25, 0.3) is 0 Å². The minimum Gasteiger partial charge on any atom is -0.496 e. The van der Waals surface area contributed by atoms with Gasteiger partial charge in [-0.05, 0) is 61.9 Å². The van der Waals surface area contributed by atoms with Gasteiger partial charge in [-0.3, -0.25) is 0 Å². The average Bonchev–Trinajstić information content (AvgIpc) is 2.70. The zero-order chi connectivity index (χ0) is 18.0. The molecule has 0 aliphatic carbocycles. The predicted molar refractivity (Wildman–Crippen MR) is 107 cm³/mol. The van der Waals surface area contributed by atoms with Gasteiger partial charge in [-0.1, -0.05) is 42.5 Å². The first kappa shape index (κ1) is 17.6. The molecular weight excluding hydrogens is 320 g/mol. The Kier molecular flexibility index (Phi) is 5.01. The standard InChI is InChI=1S/C23H30N2O/c1-17-9-10-20(21(15-17)26-2)19-11-13-23(25-16-19)12-6-14-24-22(23)18-7-4-3-5-8-18/h3-5,7-10,15,19,22,24-25H,6,11-14,16H2,1-2H3. The number of hydrogen-bond acceptors (Lipinski definition) is 3. The van der Waals surface area contributed by atoms with Gasteiger partial charge >= 0.3 is 0 Å². The average molecular weight is 351 g/mol. The Labute approximate surface area is 157 Å². The summed E-state index contributed by atoms with van der Waals surface area (Å²) in [6, 6.07) is 18.0. The lowest BCUT2D eigenvalue weighted by atomic mass is 9.71. The summed E-state index contributed by atoms with van der Waals surface area (Å²) in [6.07, 6.45) is 4.89. The first-order valence-corrected chi connectivity index (χ1v) is 9.90. The Balaban J connectivity index is 1.55. The Hall–Kier alpha value is -1.84. The van der Waals surface area contributed by atoms with Gasteiger partial charge in [-0.15, -0.1) is 0 Å². The molecule has 4 rings (SSSR count). The number of methoxy groups -OCH3 is 1. The highest BCUT2D eigenvalue weighted by atomic mass is 16.5. The molecule has 0 radical (unpaired) electrons. The summed E-state index contributed by atoms with van der Waals surface area (Å²) in [4.78, 5) is 0. The maximum absolute atomic E-state index is 5.67. The van der Waals surface area contributed by atoms with Gasteiger partial charge in [0.1, 0.15) is 5.75 Å². The molecule has 3 atom stereocenters. The monoisotopic (exact) mass is 350 g/mol. The molecule has 0 bridgehead atoms. The van der Waals surface area contributed by atoms with E-state index in [-0.39, 0.29) is 5.54 Å². The molecule has 26 heavy (non-hydrogen) atoms. The Bertz CT molecular complexity index is 735. The second-order valence-electron chi connectivity index (χ2n) is 7.92. The van der Waals surface area contributed by atoms with Crippen molar-refractivity contribution < 1.29 is 4.74 Å². The summed E-state index contributed by atoms with van der Waals surface area (Å²) in [7, 11) is 1.78. The number of benzene rings is 2. The van der Waals surface area contributed by atoms with Crippen LogP contribution in [-0.2, 0) is 0 Å². The third-order valence-corrected chi connectivity index (χ3v) is 6.30. The topological polar surface area (TPSA) is 33.3 Å². The summed E-state index contributed by atoms with van der Waals surface area (Å²) in [6.45, 7) is 4.25. The molecule has 0 amide bonds. The number of rotatable bonds is 3. The van der Waals surface area contributed by atoms with Crippen LogP contribution < -0.4 is 15.4 Å². The second kappa shape index (κ2) is 7.42. The fourth-order valence-corrected chi connectivity index (χ4v) is 4.90. The van der Waals surface area contributed by atoms with Crippen molar-refractivity contribution in [3.05, 3.63) is 65.2 Å². The molecule has 3 heteroatoms. The molecule has 138 valence electrons. The lowest BCUT2D eigenvalue weighted by Gasteiger charge is -2.50. The highest BCUT2D eigenvalue weighted by molar-refractivity contribution is 5.40. The Morgan fingerprint density at radius 1 is 1.08 bits per heavy atom. The van der Waals surface area contributed by atoms with E-state index in [0.717, 1.165) is 18.8 Å². The Morgan fingerprint density at radius 2 is 1.92 bits per heavy atom. The van der Waals surface area contributed by atoms with Gasteiger partial charge in [0.15, 0.2) is 0 Å². The van der Waals surface area contributed by atoms with Gasteiger partial charge in [0.2, 0.25) is 0 Å². The van der Waals surface area contributed by atoms with Crippen molar-refractivity contribution in [2.24, 2.45) is 0 Å². The lowest BCUT2D eigenvalue weighted by Crippen LogP contribution is -2.60. The minimum atomic E-state index is 0.175. The molecule has 2 saturated heterocycles. The van der Waals surface area contributed by atoms with Gasteiger partial charge in [0, 0.05) is 18.0 Å². The highest BCUT2D eigenvalue weighted by Gasteiger charge is 2.44. The summed E-state index contributed by atoms with van der Waals surface area (Å²) in [5.74, 6) is 1.56. The summed E-state index contributed by atoms with van der Waals surface area (Å²) in [5, 5.41) is 7.77. The lowest BCUT2D eigenvalue weighted by molar-refractivity contribution is 0.131. The van der Waals surface area contributed by atoms with Crippen LogP contribution in [0.1, 0.15) is 54.3 Å². The molecule has 3 nitrogen and oxygen atoms in total. The molecule has 0 aromatic heterocycles. The Morgan fingerprint density at radius 3 is 2.65 bits per heavy atom. The maximum Gasteiger partial charge on any atom is 0.122 e. The number of piperidine rings is 2. The SMILES string of the molecule is COc1cc(C)ccc1C1CCC2(CCCNC2c2ccccc2)NC1. The first-order valence-electron chi connectivity index (χ1n) is 9.90. The van der Waals surface area contributed by atoms with Crippen molar-refractivity contribution in [1.82, 2.24) is 10.6 Å². The fraction of sp³-hybridized carbons (Fsp3) is 0.478. The molecular formula is C23H30N2O. The van der Waals surface area contributed by atoms with E-state index in [1.165, 1.54) is 42.4 Å². The summed E-state index contributed by atoms with van der Waals surface area (Å²) in [5.41, 5.74) is 4.19. The van der Waals surface area contributed by atoms with Crippen LogP contribution in [-0.4, -0.2) is 25.7 Å². The number of hydrogen-bond donors (Lipinski definition) is 2. The molecule has 2 N–H and O–H groups in total. The van der Waals surface area contributed by atoms with E-state index in [1.54, 1.807) is 7.11 Å².